The molecule has 2 aromatic rings. The summed E-state index contributed by atoms with van der Waals surface area (Å²) in [5.74, 6) is 0. The molecule has 35 heavy (non-hydrogen) atoms. The van der Waals surface area contributed by atoms with E-state index in [2.05, 4.69) is 0 Å². The first kappa shape index (κ1) is 24.9. The zero-order valence-corrected chi connectivity index (χ0v) is 19.5. The second-order valence-electron chi connectivity index (χ2n) is 7.85. The quantitative estimate of drug-likeness (QED) is 0.385. The van der Waals surface area contributed by atoms with Crippen LogP contribution in [-0.4, -0.2) is 64.3 Å². The maximum absolute atomic E-state index is 12.4. The van der Waals surface area contributed by atoms with Crippen molar-refractivity contribution in [2.24, 2.45) is 0 Å². The molecule has 2 bridgehead atoms. The second kappa shape index (κ2) is 11.0. The van der Waals surface area contributed by atoms with Crippen LogP contribution in [0.25, 0.3) is 0 Å². The SMILES string of the molecule is CS(=O)(=O)O[C@@H]1[C@@H](OC(=O)OCc2ccccc2)[C@@H]2OC[C@@H](O2)[C@H]1OC(=O)OCc1ccccc1. The Morgan fingerprint density at radius 1 is 0.829 bits per heavy atom. The molecule has 0 amide bonds. The lowest BCUT2D eigenvalue weighted by Gasteiger charge is -2.38. The van der Waals surface area contributed by atoms with Crippen molar-refractivity contribution in [3.05, 3.63) is 71.8 Å². The maximum Gasteiger partial charge on any atom is 0.509 e. The van der Waals surface area contributed by atoms with Gasteiger partial charge in [-0.3, -0.25) is 4.18 Å². The molecule has 2 aliphatic heterocycles. The summed E-state index contributed by atoms with van der Waals surface area (Å²) in [6, 6.07) is 17.8. The predicted molar refractivity (Wildman–Crippen MR) is 117 cm³/mol. The fraction of sp³-hybridized carbons (Fsp3) is 0.391. The lowest BCUT2D eigenvalue weighted by molar-refractivity contribution is -0.228. The lowest BCUT2D eigenvalue weighted by atomic mass is 10.0. The van der Waals surface area contributed by atoms with Crippen molar-refractivity contribution in [3.63, 3.8) is 0 Å². The average Bonchev–Trinajstić information content (AvgIpc) is 3.28. The van der Waals surface area contributed by atoms with Crippen molar-refractivity contribution < 1.29 is 50.6 Å². The molecule has 5 atom stereocenters. The van der Waals surface area contributed by atoms with Crippen LogP contribution in [0, 0.1) is 0 Å². The van der Waals surface area contributed by atoms with Gasteiger partial charge in [-0.25, -0.2) is 9.59 Å². The highest BCUT2D eigenvalue weighted by Gasteiger charge is 2.56. The topological polar surface area (TPSA) is 133 Å². The number of fused-ring (bicyclic) bond motifs is 2. The minimum Gasteiger partial charge on any atom is -0.429 e. The van der Waals surface area contributed by atoms with Crippen LogP contribution in [0.1, 0.15) is 11.1 Å². The van der Waals surface area contributed by atoms with E-state index in [0.717, 1.165) is 11.8 Å². The summed E-state index contributed by atoms with van der Waals surface area (Å²) in [6.45, 7) is -0.199. The number of rotatable bonds is 8. The molecule has 2 fully saturated rings. The van der Waals surface area contributed by atoms with E-state index in [4.69, 9.17) is 32.6 Å². The third kappa shape index (κ3) is 6.92. The summed E-state index contributed by atoms with van der Waals surface area (Å²) in [5, 5.41) is 0. The molecular weight excluding hydrogens is 484 g/mol. The number of benzene rings is 2. The average molecular weight is 509 g/mol. The molecule has 188 valence electrons. The maximum atomic E-state index is 12.4. The van der Waals surface area contributed by atoms with Crippen molar-refractivity contribution in [2.75, 3.05) is 12.9 Å². The van der Waals surface area contributed by atoms with E-state index in [-0.39, 0.29) is 19.8 Å². The smallest absolute Gasteiger partial charge is 0.429 e. The van der Waals surface area contributed by atoms with Gasteiger partial charge in [-0.15, -0.1) is 0 Å². The Bertz CT molecular complexity index is 1040. The van der Waals surface area contributed by atoms with E-state index in [9.17, 15) is 18.0 Å². The van der Waals surface area contributed by atoms with E-state index in [1.165, 1.54) is 0 Å². The zero-order valence-electron chi connectivity index (χ0n) is 18.7. The molecule has 2 aliphatic rings. The Kier molecular flexibility index (Phi) is 7.86. The Hall–Kier alpha value is -3.19. The van der Waals surface area contributed by atoms with Gasteiger partial charge in [0.2, 0.25) is 0 Å². The van der Waals surface area contributed by atoms with Crippen LogP contribution in [-0.2, 0) is 55.9 Å². The monoisotopic (exact) mass is 508 g/mol. The van der Waals surface area contributed by atoms with E-state index in [0.29, 0.717) is 5.56 Å². The van der Waals surface area contributed by atoms with Crippen LogP contribution >= 0.6 is 0 Å². The van der Waals surface area contributed by atoms with Crippen molar-refractivity contribution in [2.45, 2.75) is 43.9 Å². The lowest BCUT2D eigenvalue weighted by Crippen LogP contribution is -2.58. The Labute approximate surface area is 201 Å². The summed E-state index contributed by atoms with van der Waals surface area (Å²) >= 11 is 0. The van der Waals surface area contributed by atoms with Gasteiger partial charge in [0.1, 0.15) is 19.3 Å². The molecule has 0 spiro atoms. The highest BCUT2D eigenvalue weighted by molar-refractivity contribution is 7.86. The molecule has 2 aromatic carbocycles. The molecule has 0 radical (unpaired) electrons. The molecule has 0 aromatic heterocycles. The third-order valence-corrected chi connectivity index (χ3v) is 5.74. The number of carbonyl (C=O) groups is 2. The van der Waals surface area contributed by atoms with Crippen LogP contribution in [0.15, 0.2) is 60.7 Å². The van der Waals surface area contributed by atoms with Crippen molar-refractivity contribution in [3.8, 4) is 0 Å². The minimum atomic E-state index is -4.07. The third-order valence-electron chi connectivity index (χ3n) is 5.17. The molecule has 0 unspecified atom stereocenters. The highest BCUT2D eigenvalue weighted by Crippen LogP contribution is 2.35. The van der Waals surface area contributed by atoms with Crippen molar-refractivity contribution in [1.29, 1.82) is 0 Å². The van der Waals surface area contributed by atoms with Gasteiger partial charge in [-0.05, 0) is 11.1 Å². The van der Waals surface area contributed by atoms with E-state index in [1.54, 1.807) is 48.5 Å². The first-order valence-electron chi connectivity index (χ1n) is 10.7. The number of ether oxygens (including phenoxy) is 6. The van der Waals surface area contributed by atoms with Crippen LogP contribution in [0.5, 0.6) is 0 Å². The molecule has 2 saturated heterocycles. The van der Waals surface area contributed by atoms with Crippen molar-refractivity contribution in [1.82, 2.24) is 0 Å². The van der Waals surface area contributed by atoms with Crippen molar-refractivity contribution >= 4 is 22.4 Å². The van der Waals surface area contributed by atoms with Gasteiger partial charge in [0, 0.05) is 0 Å². The van der Waals surface area contributed by atoms with Crippen LogP contribution in [0.2, 0.25) is 0 Å². The van der Waals surface area contributed by atoms with E-state index in [1.807, 2.05) is 12.1 Å². The Morgan fingerprint density at radius 2 is 1.34 bits per heavy atom. The van der Waals surface area contributed by atoms with E-state index >= 15 is 0 Å². The fourth-order valence-electron chi connectivity index (χ4n) is 3.64. The number of carbonyl (C=O) groups excluding carboxylic acids is 2. The summed E-state index contributed by atoms with van der Waals surface area (Å²) in [4.78, 5) is 24.7. The van der Waals surface area contributed by atoms with Gasteiger partial charge >= 0.3 is 12.3 Å². The van der Waals surface area contributed by atoms with Gasteiger partial charge in [-0.1, -0.05) is 60.7 Å². The van der Waals surface area contributed by atoms with E-state index < -0.39 is 53.1 Å². The first-order chi connectivity index (χ1) is 16.8. The largest absolute Gasteiger partial charge is 0.509 e. The zero-order chi connectivity index (χ0) is 24.8. The molecule has 0 N–H and O–H groups in total. The second-order valence-corrected chi connectivity index (χ2v) is 9.46. The summed E-state index contributed by atoms with van der Waals surface area (Å²) < 4.78 is 61.1. The fourth-order valence-corrected chi connectivity index (χ4v) is 4.26. The van der Waals surface area contributed by atoms with Gasteiger partial charge in [0.05, 0.1) is 12.9 Å². The van der Waals surface area contributed by atoms with Crippen LogP contribution < -0.4 is 0 Å². The highest BCUT2D eigenvalue weighted by atomic mass is 32.2. The van der Waals surface area contributed by atoms with Gasteiger partial charge in [-0.2, -0.15) is 8.42 Å². The van der Waals surface area contributed by atoms with Gasteiger partial charge in [0.25, 0.3) is 10.1 Å². The standard InChI is InChI=1S/C23H24O11S/c1-35(26,27)34-19-18(32-22(24)29-12-15-8-4-2-5-9-15)17-14-28-21(31-17)20(19)33-23(25)30-13-16-10-6-3-7-11-16/h2-11,17-21H,12-14H2,1H3/t17-,18-,19+,20-,21-/m1/s1. The number of hydrogen-bond acceptors (Lipinski definition) is 11. The molecule has 0 saturated carbocycles. The molecule has 0 aliphatic carbocycles. The summed E-state index contributed by atoms with van der Waals surface area (Å²) in [5.41, 5.74) is 1.44. The first-order valence-corrected chi connectivity index (χ1v) is 12.5. The van der Waals surface area contributed by atoms with Crippen LogP contribution in [0.4, 0.5) is 9.59 Å². The minimum absolute atomic E-state index is 0.0517. The summed E-state index contributed by atoms with van der Waals surface area (Å²) in [6.07, 6.45) is -7.54. The normalized spacial score (nSPS) is 25.5. The van der Waals surface area contributed by atoms with Gasteiger partial charge < -0.3 is 28.4 Å². The molecule has 12 heteroatoms. The molecule has 4 rings (SSSR count). The molecule has 2 heterocycles. The van der Waals surface area contributed by atoms with Crippen LogP contribution in [0.3, 0.4) is 0 Å². The predicted octanol–water partition coefficient (Wildman–Crippen LogP) is 2.53. The van der Waals surface area contributed by atoms with Gasteiger partial charge in [0.15, 0.2) is 24.6 Å². The summed E-state index contributed by atoms with van der Waals surface area (Å²) in [7, 11) is -4.07. The Morgan fingerprint density at radius 3 is 1.86 bits per heavy atom. The number of hydrogen-bond donors (Lipinski definition) is 0. The Balaban J connectivity index is 1.44. The molecule has 11 nitrogen and oxygen atoms in total. The molecular formula is C23H24O11S.